The van der Waals surface area contributed by atoms with Crippen LogP contribution in [0.4, 0.5) is 0 Å². The highest BCUT2D eigenvalue weighted by atomic mass is 14.9. The van der Waals surface area contributed by atoms with Crippen molar-refractivity contribution in [3.8, 4) is 67.3 Å². The van der Waals surface area contributed by atoms with Gasteiger partial charge in [0, 0.05) is 27.5 Å². The molecule has 0 aliphatic heterocycles. The Hall–Kier alpha value is -7.42. The quantitative estimate of drug-likeness (QED) is 0.174. The number of benzene rings is 9. The summed E-state index contributed by atoms with van der Waals surface area (Å²) < 4.78 is 0. The largest absolute Gasteiger partial charge is 0.228 e. The van der Waals surface area contributed by atoms with Crippen LogP contribution in [-0.2, 0) is 10.8 Å². The van der Waals surface area contributed by atoms with Crippen molar-refractivity contribution in [2.75, 3.05) is 0 Å². The van der Waals surface area contributed by atoms with E-state index in [1.54, 1.807) is 0 Å². The molecule has 2 nitrogen and oxygen atoms in total. The second-order valence-electron chi connectivity index (χ2n) is 17.5. The lowest BCUT2D eigenvalue weighted by atomic mass is 9.74. The van der Waals surface area contributed by atoms with Gasteiger partial charge in [-0.2, -0.15) is 0 Å². The zero-order chi connectivity index (χ0) is 40.9. The van der Waals surface area contributed by atoms with Gasteiger partial charge in [-0.15, -0.1) is 0 Å². The average molecular weight is 779 g/mol. The van der Waals surface area contributed by atoms with Gasteiger partial charge in [-0.05, 0) is 120 Å². The van der Waals surface area contributed by atoms with E-state index in [2.05, 4.69) is 215 Å². The number of rotatable bonds is 5. The van der Waals surface area contributed by atoms with E-state index in [9.17, 15) is 0 Å². The van der Waals surface area contributed by atoms with Crippen molar-refractivity contribution in [3.63, 3.8) is 0 Å². The van der Waals surface area contributed by atoms with Crippen molar-refractivity contribution in [2.24, 2.45) is 0 Å². The zero-order valence-electron chi connectivity index (χ0n) is 34.4. The summed E-state index contributed by atoms with van der Waals surface area (Å²) in [6.07, 6.45) is 0. The first kappa shape index (κ1) is 35.5. The summed E-state index contributed by atoms with van der Waals surface area (Å²) in [5, 5.41) is 4.94. The standard InChI is InChI=1S/C59H42N2/c1-58(2)52-34-40(26-28-48(52)50-32-38-18-10-11-19-39(38)33-53(50)58)43-30-31-49(45-23-13-12-22-44(43)45)56-36-55(60-57(61-56)37-16-6-4-7-17-37)41-27-29-47-46-24-14-15-25-51(46)59(3,54(47)35-41)42-20-8-5-9-21-42/h4-36H,1-3H3. The molecule has 0 saturated carbocycles. The molecule has 2 heteroatoms. The Labute approximate surface area is 356 Å². The SMILES string of the molecule is CC1(C)c2cc(-c3ccc(-c4cc(-c5ccc6c(c5)C(C)(c5ccccc5)c5ccccc5-6)nc(-c5ccccc5)n4)c4ccccc34)ccc2-c2cc3ccccc3cc21. The molecule has 1 heterocycles. The van der Waals surface area contributed by atoms with Gasteiger partial charge in [0.05, 0.1) is 11.4 Å². The number of aromatic nitrogens is 2. The number of fused-ring (bicyclic) bond motifs is 8. The van der Waals surface area contributed by atoms with Crippen LogP contribution in [-0.4, -0.2) is 9.97 Å². The maximum atomic E-state index is 5.33. The summed E-state index contributed by atoms with van der Waals surface area (Å²) in [5.74, 6) is 0.712. The van der Waals surface area contributed by atoms with E-state index in [-0.39, 0.29) is 10.8 Å². The second-order valence-corrected chi connectivity index (χ2v) is 17.5. The van der Waals surface area contributed by atoms with E-state index < -0.39 is 0 Å². The highest BCUT2D eigenvalue weighted by Crippen LogP contribution is 2.54. The Bertz CT molecular complexity index is 3400. The Balaban J connectivity index is 1.01. The van der Waals surface area contributed by atoms with Crippen LogP contribution in [0.2, 0.25) is 0 Å². The summed E-state index contributed by atoms with van der Waals surface area (Å²) in [6.45, 7) is 7.11. The van der Waals surface area contributed by atoms with Crippen LogP contribution in [0, 0.1) is 0 Å². The van der Waals surface area contributed by atoms with Crippen LogP contribution in [0.25, 0.3) is 88.8 Å². The van der Waals surface area contributed by atoms with E-state index in [1.807, 2.05) is 6.07 Å². The summed E-state index contributed by atoms with van der Waals surface area (Å²) in [6, 6.07) is 73.2. The molecule has 0 spiro atoms. The van der Waals surface area contributed by atoms with Gasteiger partial charge in [0.1, 0.15) is 0 Å². The molecule has 0 saturated heterocycles. The summed E-state index contributed by atoms with van der Waals surface area (Å²) in [5.41, 5.74) is 18.9. The third-order valence-electron chi connectivity index (χ3n) is 13.8. The minimum atomic E-state index is -0.309. The molecule has 2 aliphatic rings. The summed E-state index contributed by atoms with van der Waals surface area (Å²) in [7, 11) is 0. The van der Waals surface area contributed by atoms with E-state index in [1.165, 1.54) is 82.7 Å². The van der Waals surface area contributed by atoms with Gasteiger partial charge in [-0.1, -0.05) is 184 Å². The topological polar surface area (TPSA) is 25.8 Å². The average Bonchev–Trinajstić information content (AvgIpc) is 3.71. The van der Waals surface area contributed by atoms with Crippen LogP contribution in [0.3, 0.4) is 0 Å². The van der Waals surface area contributed by atoms with Crippen molar-refractivity contribution in [1.82, 2.24) is 9.97 Å². The van der Waals surface area contributed by atoms with Crippen LogP contribution < -0.4 is 0 Å². The molecule has 1 atom stereocenters. The molecule has 2 aliphatic carbocycles. The van der Waals surface area contributed by atoms with Crippen LogP contribution in [0.1, 0.15) is 48.6 Å². The smallest absolute Gasteiger partial charge is 0.160 e. The third kappa shape index (κ3) is 5.35. The molecule has 0 bridgehead atoms. The van der Waals surface area contributed by atoms with Crippen LogP contribution >= 0.6 is 0 Å². The molecule has 61 heavy (non-hydrogen) atoms. The highest BCUT2D eigenvalue weighted by Gasteiger charge is 2.41. The lowest BCUT2D eigenvalue weighted by Crippen LogP contribution is -2.22. The van der Waals surface area contributed by atoms with Gasteiger partial charge >= 0.3 is 0 Å². The Kier molecular flexibility index (Phi) is 7.74. The Morgan fingerprint density at radius 3 is 1.66 bits per heavy atom. The Morgan fingerprint density at radius 1 is 0.328 bits per heavy atom. The number of nitrogens with zero attached hydrogens (tertiary/aromatic N) is 2. The van der Waals surface area contributed by atoms with Gasteiger partial charge in [0.25, 0.3) is 0 Å². The van der Waals surface area contributed by atoms with E-state index in [0.29, 0.717) is 5.82 Å². The predicted octanol–water partition coefficient (Wildman–Crippen LogP) is 15.1. The van der Waals surface area contributed by atoms with Crippen molar-refractivity contribution in [3.05, 3.63) is 228 Å². The minimum absolute atomic E-state index is 0.121. The van der Waals surface area contributed by atoms with Crippen molar-refractivity contribution >= 4 is 21.5 Å². The highest BCUT2D eigenvalue weighted by molar-refractivity contribution is 6.05. The fourth-order valence-corrected chi connectivity index (χ4v) is 10.5. The molecule has 0 radical (unpaired) electrons. The van der Waals surface area contributed by atoms with E-state index in [0.717, 1.165) is 28.1 Å². The number of hydrogen-bond donors (Lipinski definition) is 0. The normalized spacial score (nSPS) is 15.7. The molecule has 12 rings (SSSR count). The first-order chi connectivity index (χ1) is 29.9. The third-order valence-corrected chi connectivity index (χ3v) is 13.8. The molecular formula is C59H42N2. The van der Waals surface area contributed by atoms with Crippen molar-refractivity contribution in [1.29, 1.82) is 0 Å². The Morgan fingerprint density at radius 2 is 0.869 bits per heavy atom. The van der Waals surface area contributed by atoms with Gasteiger partial charge < -0.3 is 0 Å². The molecule has 10 aromatic rings. The fourth-order valence-electron chi connectivity index (χ4n) is 10.5. The summed E-state index contributed by atoms with van der Waals surface area (Å²) in [4.78, 5) is 10.6. The molecular weight excluding hydrogens is 737 g/mol. The summed E-state index contributed by atoms with van der Waals surface area (Å²) >= 11 is 0. The van der Waals surface area contributed by atoms with Gasteiger partial charge in [-0.3, -0.25) is 0 Å². The number of hydrogen-bond acceptors (Lipinski definition) is 2. The monoisotopic (exact) mass is 778 g/mol. The molecule has 1 unspecified atom stereocenters. The lowest BCUT2D eigenvalue weighted by molar-refractivity contribution is 0.661. The van der Waals surface area contributed by atoms with Crippen LogP contribution in [0.5, 0.6) is 0 Å². The maximum absolute atomic E-state index is 5.33. The fraction of sp³-hybridized carbons (Fsp3) is 0.0847. The predicted molar refractivity (Wildman–Crippen MR) is 254 cm³/mol. The van der Waals surface area contributed by atoms with Gasteiger partial charge in [0.15, 0.2) is 5.82 Å². The molecule has 0 fully saturated rings. The molecule has 9 aromatic carbocycles. The first-order valence-corrected chi connectivity index (χ1v) is 21.3. The maximum Gasteiger partial charge on any atom is 0.160 e. The van der Waals surface area contributed by atoms with Gasteiger partial charge in [-0.25, -0.2) is 9.97 Å². The molecule has 288 valence electrons. The molecule has 1 aromatic heterocycles. The van der Waals surface area contributed by atoms with E-state index >= 15 is 0 Å². The molecule has 0 N–H and O–H groups in total. The van der Waals surface area contributed by atoms with Crippen molar-refractivity contribution < 1.29 is 0 Å². The van der Waals surface area contributed by atoms with Crippen LogP contribution in [0.15, 0.2) is 200 Å². The second kappa shape index (κ2) is 13.3. The van der Waals surface area contributed by atoms with Gasteiger partial charge in [0.2, 0.25) is 0 Å². The first-order valence-electron chi connectivity index (χ1n) is 21.3. The van der Waals surface area contributed by atoms with Crippen molar-refractivity contribution in [2.45, 2.75) is 31.6 Å². The lowest BCUT2D eigenvalue weighted by Gasteiger charge is -2.28. The molecule has 0 amide bonds. The minimum Gasteiger partial charge on any atom is -0.228 e. The zero-order valence-corrected chi connectivity index (χ0v) is 34.4. The van der Waals surface area contributed by atoms with E-state index in [4.69, 9.17) is 9.97 Å².